The molecule has 0 aromatic carbocycles. The van der Waals surface area contributed by atoms with Gasteiger partial charge in [-0.05, 0) is 0 Å². The van der Waals surface area contributed by atoms with Gasteiger partial charge in [-0.15, -0.1) is 11.6 Å². The Hall–Kier alpha value is -1.27. The average Bonchev–Trinajstić information content (AvgIpc) is 3.12. The maximum absolute atomic E-state index is 10.3. The molecule has 0 spiro atoms. The van der Waals surface area contributed by atoms with Crippen molar-refractivity contribution >= 4 is 23.8 Å². The number of ether oxygens (including phenoxy) is 1. The zero-order valence-corrected chi connectivity index (χ0v) is 13.3. The van der Waals surface area contributed by atoms with Crippen molar-refractivity contribution in [1.29, 1.82) is 0 Å². The molecule has 2 aliphatic heterocycles. The zero-order chi connectivity index (χ0) is 17.4. The van der Waals surface area contributed by atoms with E-state index in [9.17, 15) is 20.4 Å². The third-order valence-corrected chi connectivity index (χ3v) is 4.43. The van der Waals surface area contributed by atoms with Crippen molar-refractivity contribution in [3.05, 3.63) is 12.0 Å². The first-order valence-corrected chi connectivity index (χ1v) is 7.92. The standard InChI is InChI=1S/C13H19ClN4O6/c14-1-6(20)2-17-4-16-11-8(12(17)23)15-5-18(11)13-10(22)9(21)7(3-19)24-13/h4-7,9-10,12-13,19-23H,1-3H2/t6?,7-,9?,10?,12?,13-/m1/s1. The highest BCUT2D eigenvalue weighted by atomic mass is 35.5. The van der Waals surface area contributed by atoms with E-state index in [0.717, 1.165) is 0 Å². The fourth-order valence-electron chi connectivity index (χ4n) is 2.77. The number of halogens is 1. The predicted octanol–water partition coefficient (Wildman–Crippen LogP) is -1.94. The smallest absolute Gasteiger partial charge is 0.175 e. The van der Waals surface area contributed by atoms with Crippen LogP contribution < -0.4 is 0 Å². The maximum Gasteiger partial charge on any atom is 0.175 e. The Labute approximate surface area is 142 Å². The summed E-state index contributed by atoms with van der Waals surface area (Å²) in [7, 11) is 0. The molecule has 6 atom stereocenters. The summed E-state index contributed by atoms with van der Waals surface area (Å²) in [6.45, 7) is -0.365. The average molecular weight is 363 g/mol. The lowest BCUT2D eigenvalue weighted by Gasteiger charge is -2.29. The SMILES string of the molecule is OC[C@H]1O[C@@H](n2cnc3c2N=CN(CC(O)CCl)C3O)C(O)C1O. The van der Waals surface area contributed by atoms with Gasteiger partial charge in [0, 0.05) is 6.54 Å². The van der Waals surface area contributed by atoms with Gasteiger partial charge in [0.05, 0.1) is 31.3 Å². The first-order chi connectivity index (χ1) is 11.5. The van der Waals surface area contributed by atoms with Crippen LogP contribution in [0.5, 0.6) is 0 Å². The number of fused-ring (bicyclic) bond motifs is 1. The lowest BCUT2D eigenvalue weighted by Crippen LogP contribution is -2.37. The highest BCUT2D eigenvalue weighted by Crippen LogP contribution is 2.37. The second-order valence-electron chi connectivity index (χ2n) is 5.71. The van der Waals surface area contributed by atoms with Crippen LogP contribution in [0.15, 0.2) is 11.3 Å². The Bertz CT molecular complexity index is 613. The van der Waals surface area contributed by atoms with Crippen LogP contribution in [0.4, 0.5) is 5.82 Å². The van der Waals surface area contributed by atoms with Crippen LogP contribution in [0.25, 0.3) is 0 Å². The van der Waals surface area contributed by atoms with Crippen molar-refractivity contribution in [2.45, 2.75) is 36.9 Å². The van der Waals surface area contributed by atoms with Gasteiger partial charge in [0.1, 0.15) is 24.0 Å². The van der Waals surface area contributed by atoms with Crippen LogP contribution in [-0.4, -0.2) is 89.8 Å². The Kier molecular flexibility index (Phi) is 5.06. The van der Waals surface area contributed by atoms with Gasteiger partial charge < -0.3 is 35.2 Å². The zero-order valence-electron chi connectivity index (χ0n) is 12.6. The van der Waals surface area contributed by atoms with Gasteiger partial charge in [0.25, 0.3) is 0 Å². The molecule has 1 fully saturated rings. The minimum absolute atomic E-state index is 0.0148. The number of hydrogen-bond acceptors (Lipinski definition) is 9. The highest BCUT2D eigenvalue weighted by Gasteiger charge is 2.45. The van der Waals surface area contributed by atoms with Gasteiger partial charge in [-0.25, -0.2) is 9.98 Å². The van der Waals surface area contributed by atoms with Gasteiger partial charge in [0.15, 0.2) is 18.3 Å². The summed E-state index contributed by atoms with van der Waals surface area (Å²) in [5.74, 6) is 0.273. The molecule has 0 aliphatic carbocycles. The van der Waals surface area contributed by atoms with Crippen LogP contribution in [0.3, 0.4) is 0 Å². The van der Waals surface area contributed by atoms with Crippen molar-refractivity contribution in [2.24, 2.45) is 4.99 Å². The summed E-state index contributed by atoms with van der Waals surface area (Å²) < 4.78 is 6.82. The third kappa shape index (κ3) is 2.90. The van der Waals surface area contributed by atoms with Crippen molar-refractivity contribution in [3.8, 4) is 0 Å². The minimum atomic E-state index is -1.27. The Balaban J connectivity index is 1.83. The number of aliphatic imine (C=N–C) groups is 1. The Morgan fingerprint density at radius 2 is 2.04 bits per heavy atom. The normalized spacial score (nSPS) is 33.8. The molecule has 3 heterocycles. The second kappa shape index (κ2) is 6.92. The van der Waals surface area contributed by atoms with E-state index in [1.165, 1.54) is 22.1 Å². The first kappa shape index (κ1) is 17.5. The van der Waals surface area contributed by atoms with Crippen molar-refractivity contribution in [2.75, 3.05) is 19.0 Å². The molecule has 10 nitrogen and oxygen atoms in total. The summed E-state index contributed by atoms with van der Waals surface area (Å²) in [6, 6.07) is 0. The van der Waals surface area contributed by atoms with Crippen molar-refractivity contribution < 1.29 is 30.3 Å². The van der Waals surface area contributed by atoms with Gasteiger partial charge in [-0.3, -0.25) is 4.57 Å². The van der Waals surface area contributed by atoms with E-state index in [0.29, 0.717) is 0 Å². The van der Waals surface area contributed by atoms with Gasteiger partial charge in [0.2, 0.25) is 0 Å². The molecule has 0 saturated carbocycles. The van der Waals surface area contributed by atoms with Crippen molar-refractivity contribution in [1.82, 2.24) is 14.5 Å². The number of hydrogen-bond donors (Lipinski definition) is 5. The molecular weight excluding hydrogens is 344 g/mol. The molecule has 11 heteroatoms. The van der Waals surface area contributed by atoms with E-state index in [1.54, 1.807) is 0 Å². The number of β-amino-alcohol motifs (C(OH)–C–C–N with tert-alkyl or cyclic N) is 1. The Morgan fingerprint density at radius 1 is 1.29 bits per heavy atom. The number of alkyl halides is 1. The fourth-order valence-corrected chi connectivity index (χ4v) is 2.87. The topological polar surface area (TPSA) is 144 Å². The number of nitrogens with zero attached hydrogens (tertiary/aromatic N) is 4. The van der Waals surface area contributed by atoms with Crippen molar-refractivity contribution in [3.63, 3.8) is 0 Å². The summed E-state index contributed by atoms with van der Waals surface area (Å²) in [5, 5.41) is 49.0. The molecule has 1 aromatic heterocycles. The molecule has 24 heavy (non-hydrogen) atoms. The number of aliphatic hydroxyl groups excluding tert-OH is 5. The fraction of sp³-hybridized carbons (Fsp3) is 0.692. The molecule has 134 valence electrons. The van der Waals surface area contributed by atoms with E-state index < -0.39 is 43.5 Å². The van der Waals surface area contributed by atoms with Crippen LogP contribution >= 0.6 is 11.6 Å². The predicted molar refractivity (Wildman–Crippen MR) is 81.8 cm³/mol. The molecule has 1 aromatic rings. The van der Waals surface area contributed by atoms with Crippen LogP contribution in [-0.2, 0) is 4.74 Å². The third-order valence-electron chi connectivity index (χ3n) is 4.07. The number of aliphatic hydroxyl groups is 5. The van der Waals surface area contributed by atoms with E-state index in [-0.39, 0.29) is 23.9 Å². The Morgan fingerprint density at radius 3 is 2.67 bits per heavy atom. The van der Waals surface area contributed by atoms with Gasteiger partial charge >= 0.3 is 0 Å². The monoisotopic (exact) mass is 362 g/mol. The molecule has 0 bridgehead atoms. The molecule has 2 aliphatic rings. The molecule has 4 unspecified atom stereocenters. The minimum Gasteiger partial charge on any atom is -0.394 e. The summed E-state index contributed by atoms with van der Waals surface area (Å²) in [5.41, 5.74) is 0.219. The molecular formula is C13H19ClN4O6. The maximum atomic E-state index is 10.3. The van der Waals surface area contributed by atoms with E-state index in [1.807, 2.05) is 0 Å². The summed E-state index contributed by atoms with van der Waals surface area (Å²) >= 11 is 5.56. The second-order valence-corrected chi connectivity index (χ2v) is 6.02. The molecule has 5 N–H and O–H groups in total. The molecule has 1 saturated heterocycles. The van der Waals surface area contributed by atoms with E-state index >= 15 is 0 Å². The quantitative estimate of drug-likeness (QED) is 0.381. The number of aromatic nitrogens is 2. The van der Waals surface area contributed by atoms with Gasteiger partial charge in [-0.1, -0.05) is 0 Å². The van der Waals surface area contributed by atoms with E-state index in [2.05, 4.69) is 9.98 Å². The number of imidazole rings is 1. The van der Waals surface area contributed by atoms with Gasteiger partial charge in [-0.2, -0.15) is 0 Å². The molecule has 0 radical (unpaired) electrons. The summed E-state index contributed by atoms with van der Waals surface area (Å²) in [4.78, 5) is 9.64. The molecule has 0 amide bonds. The summed E-state index contributed by atoms with van der Waals surface area (Å²) in [6.07, 6.45) is -3.75. The number of rotatable bonds is 5. The largest absolute Gasteiger partial charge is 0.394 e. The van der Waals surface area contributed by atoms with Crippen LogP contribution in [0.1, 0.15) is 18.1 Å². The van der Waals surface area contributed by atoms with E-state index in [4.69, 9.17) is 21.4 Å². The highest BCUT2D eigenvalue weighted by molar-refractivity contribution is 6.18. The molecule has 3 rings (SSSR count). The van der Waals surface area contributed by atoms with Crippen LogP contribution in [0, 0.1) is 0 Å². The lowest BCUT2D eigenvalue weighted by molar-refractivity contribution is -0.0522. The van der Waals surface area contributed by atoms with Crippen LogP contribution in [0.2, 0.25) is 0 Å². The first-order valence-electron chi connectivity index (χ1n) is 7.39. The lowest BCUT2D eigenvalue weighted by atomic mass is 10.1.